The van der Waals surface area contributed by atoms with E-state index in [2.05, 4.69) is 35.8 Å². The van der Waals surface area contributed by atoms with Gasteiger partial charge in [-0.3, -0.25) is 9.58 Å². The van der Waals surface area contributed by atoms with E-state index in [-0.39, 0.29) is 0 Å². The first kappa shape index (κ1) is 13.5. The second-order valence-electron chi connectivity index (χ2n) is 5.45. The van der Waals surface area contributed by atoms with E-state index in [1.54, 1.807) is 4.68 Å². The molecule has 7 nitrogen and oxygen atoms in total. The first-order chi connectivity index (χ1) is 10.8. The van der Waals surface area contributed by atoms with Crippen molar-refractivity contribution in [1.82, 2.24) is 34.5 Å². The molecule has 0 spiro atoms. The average molecular weight is 313 g/mol. The van der Waals surface area contributed by atoms with Crippen LogP contribution in [0, 0.1) is 0 Å². The molecular weight excluding hydrogens is 298 g/mol. The Balaban J connectivity index is 1.57. The summed E-state index contributed by atoms with van der Waals surface area (Å²) >= 11 is 1.46. The summed E-state index contributed by atoms with van der Waals surface area (Å²) in [6, 6.07) is 2.14. The van der Waals surface area contributed by atoms with E-state index in [9.17, 15) is 0 Å². The van der Waals surface area contributed by atoms with Crippen molar-refractivity contribution in [2.45, 2.75) is 19.5 Å². The average Bonchev–Trinajstić information content (AvgIpc) is 3.18. The van der Waals surface area contributed by atoms with Crippen molar-refractivity contribution in [3.05, 3.63) is 40.8 Å². The Morgan fingerprint density at radius 1 is 1.27 bits per heavy atom. The second kappa shape index (κ2) is 5.54. The fourth-order valence-corrected chi connectivity index (χ4v) is 3.23. The van der Waals surface area contributed by atoms with Gasteiger partial charge in [0.15, 0.2) is 0 Å². The Kier molecular flexibility index (Phi) is 3.39. The van der Waals surface area contributed by atoms with Crippen LogP contribution in [-0.4, -0.2) is 41.0 Å². The van der Waals surface area contributed by atoms with Gasteiger partial charge in [0.1, 0.15) is 0 Å². The Hall–Kier alpha value is -2.19. The Morgan fingerprint density at radius 3 is 3.00 bits per heavy atom. The highest BCUT2D eigenvalue weighted by molar-refractivity contribution is 7.05. The lowest BCUT2D eigenvalue weighted by atomic mass is 10.0. The van der Waals surface area contributed by atoms with Crippen LogP contribution in [0.2, 0.25) is 0 Å². The molecule has 0 aliphatic carbocycles. The zero-order valence-corrected chi connectivity index (χ0v) is 13.0. The third kappa shape index (κ3) is 2.62. The van der Waals surface area contributed by atoms with Gasteiger partial charge in [0.2, 0.25) is 0 Å². The molecule has 0 saturated heterocycles. The molecule has 0 unspecified atom stereocenters. The number of aromatic nitrogens is 6. The number of nitrogens with zero attached hydrogens (tertiary/aromatic N) is 7. The Bertz CT molecular complexity index is 780. The number of aryl methyl sites for hydroxylation is 1. The minimum Gasteiger partial charge on any atom is -0.293 e. The van der Waals surface area contributed by atoms with Gasteiger partial charge >= 0.3 is 0 Å². The summed E-state index contributed by atoms with van der Waals surface area (Å²) in [6.07, 6.45) is 6.55. The van der Waals surface area contributed by atoms with E-state index >= 15 is 0 Å². The molecule has 4 heterocycles. The van der Waals surface area contributed by atoms with Crippen LogP contribution in [0.1, 0.15) is 16.1 Å². The summed E-state index contributed by atoms with van der Waals surface area (Å²) in [4.78, 5) is 3.59. The number of rotatable bonds is 3. The van der Waals surface area contributed by atoms with E-state index in [1.807, 2.05) is 25.6 Å². The second-order valence-corrected chi connectivity index (χ2v) is 6.32. The lowest BCUT2D eigenvalue weighted by molar-refractivity contribution is 0.244. The zero-order chi connectivity index (χ0) is 14.9. The van der Waals surface area contributed by atoms with Crippen LogP contribution in [-0.2, 0) is 26.6 Å². The molecule has 8 heteroatoms. The molecule has 3 aromatic rings. The van der Waals surface area contributed by atoms with Gasteiger partial charge in [0, 0.05) is 44.9 Å². The summed E-state index contributed by atoms with van der Waals surface area (Å²) < 4.78 is 5.70. The molecule has 0 atom stereocenters. The Morgan fingerprint density at radius 2 is 2.23 bits per heavy atom. The van der Waals surface area contributed by atoms with Gasteiger partial charge in [-0.25, -0.2) is 0 Å². The van der Waals surface area contributed by atoms with Crippen molar-refractivity contribution in [2.24, 2.45) is 7.05 Å². The zero-order valence-electron chi connectivity index (χ0n) is 12.2. The maximum atomic E-state index is 4.40. The normalized spacial score (nSPS) is 15.0. The molecule has 0 saturated carbocycles. The third-order valence-corrected chi connectivity index (χ3v) is 4.45. The molecule has 0 radical (unpaired) electrons. The van der Waals surface area contributed by atoms with Crippen LogP contribution in [0.25, 0.3) is 11.3 Å². The minimum atomic E-state index is 0.883. The fourth-order valence-electron chi connectivity index (χ4n) is 2.69. The maximum Gasteiger partial charge on any atom is 0.0964 e. The van der Waals surface area contributed by atoms with Crippen molar-refractivity contribution in [3.8, 4) is 11.3 Å². The van der Waals surface area contributed by atoms with E-state index in [0.717, 1.165) is 43.0 Å². The van der Waals surface area contributed by atoms with Crippen molar-refractivity contribution >= 4 is 11.5 Å². The summed E-state index contributed by atoms with van der Waals surface area (Å²) in [5, 5.41) is 16.8. The molecule has 22 heavy (non-hydrogen) atoms. The van der Waals surface area contributed by atoms with E-state index in [0.29, 0.717) is 0 Å². The van der Waals surface area contributed by atoms with Crippen LogP contribution >= 0.6 is 11.5 Å². The van der Waals surface area contributed by atoms with Crippen LogP contribution in [0.3, 0.4) is 0 Å². The summed E-state index contributed by atoms with van der Waals surface area (Å²) in [5.74, 6) is 0. The predicted molar refractivity (Wildman–Crippen MR) is 82.0 cm³/mol. The van der Waals surface area contributed by atoms with Crippen molar-refractivity contribution in [1.29, 1.82) is 0 Å². The monoisotopic (exact) mass is 313 g/mol. The van der Waals surface area contributed by atoms with Crippen LogP contribution < -0.4 is 0 Å². The van der Waals surface area contributed by atoms with Gasteiger partial charge in [0.25, 0.3) is 0 Å². The molecule has 4 rings (SSSR count). The van der Waals surface area contributed by atoms with E-state index in [4.69, 9.17) is 0 Å². The minimum absolute atomic E-state index is 0.883. The van der Waals surface area contributed by atoms with Gasteiger partial charge in [-0.05, 0) is 23.2 Å². The molecule has 0 fully saturated rings. The van der Waals surface area contributed by atoms with Crippen molar-refractivity contribution < 1.29 is 0 Å². The molecule has 0 amide bonds. The third-order valence-electron chi connectivity index (χ3n) is 3.81. The quantitative estimate of drug-likeness (QED) is 0.725. The SMILES string of the molecule is Cn1cc(-c2cc3c(nn2)CCN(Cc2cnns2)C3)cn1. The predicted octanol–water partition coefficient (Wildman–Crippen LogP) is 1.29. The fraction of sp³-hybridized carbons (Fsp3) is 0.357. The van der Waals surface area contributed by atoms with Crippen LogP contribution in [0.5, 0.6) is 0 Å². The lowest BCUT2D eigenvalue weighted by Gasteiger charge is -2.27. The largest absolute Gasteiger partial charge is 0.293 e. The van der Waals surface area contributed by atoms with Gasteiger partial charge in [-0.15, -0.1) is 5.10 Å². The van der Waals surface area contributed by atoms with Gasteiger partial charge in [0.05, 0.1) is 28.7 Å². The summed E-state index contributed by atoms with van der Waals surface area (Å²) in [7, 11) is 1.90. The molecule has 0 aromatic carbocycles. The molecule has 3 aromatic heterocycles. The van der Waals surface area contributed by atoms with Crippen molar-refractivity contribution in [3.63, 3.8) is 0 Å². The molecule has 112 valence electrons. The first-order valence-electron chi connectivity index (χ1n) is 7.11. The Labute approximate surface area is 131 Å². The van der Waals surface area contributed by atoms with E-state index in [1.165, 1.54) is 22.0 Å². The smallest absolute Gasteiger partial charge is 0.0964 e. The van der Waals surface area contributed by atoms with Crippen LogP contribution in [0.4, 0.5) is 0 Å². The maximum absolute atomic E-state index is 4.40. The van der Waals surface area contributed by atoms with Gasteiger partial charge in [-0.2, -0.15) is 15.3 Å². The molecule has 0 N–H and O–H groups in total. The highest BCUT2D eigenvalue weighted by atomic mass is 32.1. The lowest BCUT2D eigenvalue weighted by Crippen LogP contribution is -2.30. The number of hydrogen-bond acceptors (Lipinski definition) is 7. The molecular formula is C14H15N7S. The topological polar surface area (TPSA) is 72.6 Å². The summed E-state index contributed by atoms with van der Waals surface area (Å²) in [5.41, 5.74) is 4.23. The molecule has 0 bridgehead atoms. The highest BCUT2D eigenvalue weighted by Crippen LogP contribution is 2.23. The van der Waals surface area contributed by atoms with Crippen molar-refractivity contribution in [2.75, 3.05) is 6.54 Å². The number of hydrogen-bond donors (Lipinski definition) is 0. The highest BCUT2D eigenvalue weighted by Gasteiger charge is 2.19. The van der Waals surface area contributed by atoms with Gasteiger partial charge < -0.3 is 0 Å². The first-order valence-corrected chi connectivity index (χ1v) is 7.88. The standard InChI is InChI=1S/C14H15N7S/c1-20-7-11(5-16-20)14-4-10-8-21(3-2-13(10)17-18-14)9-12-6-15-19-22-12/h4-7H,2-3,8-9H2,1H3. The number of fused-ring (bicyclic) bond motifs is 1. The summed E-state index contributed by atoms with van der Waals surface area (Å²) in [6.45, 7) is 2.77. The van der Waals surface area contributed by atoms with E-state index < -0.39 is 0 Å². The van der Waals surface area contributed by atoms with Gasteiger partial charge in [-0.1, -0.05) is 4.49 Å². The molecule has 1 aliphatic heterocycles. The molecule has 1 aliphatic rings. The van der Waals surface area contributed by atoms with Crippen LogP contribution in [0.15, 0.2) is 24.7 Å².